The van der Waals surface area contributed by atoms with Crippen LogP contribution in [0.25, 0.3) is 0 Å². The van der Waals surface area contributed by atoms with E-state index < -0.39 is 11.5 Å². The Morgan fingerprint density at radius 2 is 1.88 bits per heavy atom. The van der Waals surface area contributed by atoms with E-state index in [9.17, 15) is 18.0 Å². The van der Waals surface area contributed by atoms with Gasteiger partial charge in [0, 0.05) is 30.1 Å². The molecule has 0 heterocycles. The van der Waals surface area contributed by atoms with Gasteiger partial charge < -0.3 is 10.4 Å². The van der Waals surface area contributed by atoms with Crippen LogP contribution in [0.4, 0.5) is 13.2 Å². The number of hydrogen-bond donors (Lipinski definition) is 2. The van der Waals surface area contributed by atoms with Gasteiger partial charge in [0.1, 0.15) is 0 Å². The van der Waals surface area contributed by atoms with Crippen LogP contribution in [0.2, 0.25) is 0 Å². The van der Waals surface area contributed by atoms with Crippen molar-refractivity contribution in [2.24, 2.45) is 5.92 Å². The number of rotatable bonds is 9. The molecule has 1 aromatic rings. The summed E-state index contributed by atoms with van der Waals surface area (Å²) in [6.45, 7) is 1.59. The summed E-state index contributed by atoms with van der Waals surface area (Å²) in [5.41, 5.74) is -3.32. The Bertz CT molecular complexity index is 614. The van der Waals surface area contributed by atoms with Crippen molar-refractivity contribution < 1.29 is 23.1 Å². The molecule has 0 bridgehead atoms. The highest BCUT2D eigenvalue weighted by atomic mass is 32.2. The zero-order valence-corrected chi connectivity index (χ0v) is 15.2. The largest absolute Gasteiger partial charge is 0.480 e. The molecule has 0 amide bonds. The van der Waals surface area contributed by atoms with Crippen LogP contribution in [-0.2, 0) is 11.3 Å². The zero-order valence-electron chi connectivity index (χ0n) is 14.3. The van der Waals surface area contributed by atoms with Gasteiger partial charge in [-0.15, -0.1) is 0 Å². The standard InChI is InChI=1S/C18H23F3N2O2S/c19-18(20,21)26-16-5-3-12(4-6-16)9-22-14-7-15(8-14)23(11-17(24)25)10-13-1-2-13/h3-6,13-15,22H,1-2,7-11H2,(H,24,25). The Hall–Kier alpha value is -1.25. The molecule has 2 fully saturated rings. The lowest BCUT2D eigenvalue weighted by Gasteiger charge is -2.43. The van der Waals surface area contributed by atoms with E-state index in [2.05, 4.69) is 10.2 Å². The number of carboxylic acids is 1. The minimum Gasteiger partial charge on any atom is -0.480 e. The SMILES string of the molecule is O=C(O)CN(CC1CC1)C1CC(NCc2ccc(SC(F)(F)F)cc2)C1. The Morgan fingerprint density at radius 1 is 1.23 bits per heavy atom. The number of benzene rings is 1. The summed E-state index contributed by atoms with van der Waals surface area (Å²) in [6.07, 6.45) is 4.24. The summed E-state index contributed by atoms with van der Waals surface area (Å²) in [5.74, 6) is -0.117. The monoisotopic (exact) mass is 388 g/mol. The fourth-order valence-corrected chi connectivity index (χ4v) is 3.81. The van der Waals surface area contributed by atoms with Crippen LogP contribution < -0.4 is 5.32 Å². The topological polar surface area (TPSA) is 52.6 Å². The van der Waals surface area contributed by atoms with Gasteiger partial charge in [-0.2, -0.15) is 13.2 Å². The zero-order chi connectivity index (χ0) is 18.7. The van der Waals surface area contributed by atoms with E-state index in [0.717, 1.165) is 24.9 Å². The molecule has 1 aromatic carbocycles. The fourth-order valence-electron chi connectivity index (χ4n) is 3.27. The van der Waals surface area contributed by atoms with Crippen molar-refractivity contribution in [2.75, 3.05) is 13.1 Å². The van der Waals surface area contributed by atoms with E-state index in [4.69, 9.17) is 5.11 Å². The maximum Gasteiger partial charge on any atom is 0.446 e. The Morgan fingerprint density at radius 3 is 2.42 bits per heavy atom. The molecule has 0 aromatic heterocycles. The molecule has 0 radical (unpaired) electrons. The van der Waals surface area contributed by atoms with Crippen molar-refractivity contribution in [1.29, 1.82) is 0 Å². The van der Waals surface area contributed by atoms with Crippen molar-refractivity contribution in [2.45, 2.75) is 54.7 Å². The number of halogens is 3. The maximum atomic E-state index is 12.3. The second-order valence-electron chi connectivity index (χ2n) is 7.16. The lowest BCUT2D eigenvalue weighted by Crippen LogP contribution is -2.54. The third kappa shape index (κ3) is 6.17. The average Bonchev–Trinajstić information content (AvgIpc) is 3.29. The van der Waals surface area contributed by atoms with Gasteiger partial charge in [-0.25, -0.2) is 0 Å². The van der Waals surface area contributed by atoms with Crippen molar-refractivity contribution >= 4 is 17.7 Å². The summed E-state index contributed by atoms with van der Waals surface area (Å²) in [4.78, 5) is 13.3. The number of thioether (sulfide) groups is 1. The van der Waals surface area contributed by atoms with Crippen LogP contribution >= 0.6 is 11.8 Å². The first-order valence-electron chi connectivity index (χ1n) is 8.82. The smallest absolute Gasteiger partial charge is 0.446 e. The molecule has 0 unspecified atom stereocenters. The van der Waals surface area contributed by atoms with E-state index in [1.54, 1.807) is 12.1 Å². The minimum absolute atomic E-state index is 0.103. The molecule has 2 saturated carbocycles. The van der Waals surface area contributed by atoms with Crippen LogP contribution in [-0.4, -0.2) is 46.7 Å². The van der Waals surface area contributed by atoms with Crippen molar-refractivity contribution in [3.05, 3.63) is 29.8 Å². The summed E-state index contributed by atoms with van der Waals surface area (Å²) in [5, 5.41) is 12.5. The molecular formula is C18H23F3N2O2S. The highest BCUT2D eigenvalue weighted by Gasteiger charge is 2.36. The van der Waals surface area contributed by atoms with Crippen molar-refractivity contribution in [3.63, 3.8) is 0 Å². The molecule has 4 nitrogen and oxygen atoms in total. The molecule has 144 valence electrons. The fraction of sp³-hybridized carbons (Fsp3) is 0.611. The number of nitrogens with zero attached hydrogens (tertiary/aromatic N) is 1. The number of nitrogens with one attached hydrogen (secondary N) is 1. The summed E-state index contributed by atoms with van der Waals surface area (Å²) >= 11 is -0.106. The van der Waals surface area contributed by atoms with Gasteiger partial charge in [0.05, 0.1) is 6.54 Å². The Labute approximate surface area is 155 Å². The van der Waals surface area contributed by atoms with E-state index in [0.29, 0.717) is 24.5 Å². The first-order valence-corrected chi connectivity index (χ1v) is 9.64. The number of hydrogen-bond acceptors (Lipinski definition) is 4. The minimum atomic E-state index is -4.26. The molecule has 0 atom stereocenters. The van der Waals surface area contributed by atoms with Crippen molar-refractivity contribution in [1.82, 2.24) is 10.2 Å². The molecule has 0 saturated heterocycles. The van der Waals surface area contributed by atoms with Crippen LogP contribution in [0.15, 0.2) is 29.2 Å². The average molecular weight is 388 g/mol. The second kappa shape index (κ2) is 8.19. The lowest BCUT2D eigenvalue weighted by molar-refractivity contribution is -0.139. The van der Waals surface area contributed by atoms with Crippen LogP contribution in [0.3, 0.4) is 0 Å². The summed E-state index contributed by atoms with van der Waals surface area (Å²) in [6, 6.07) is 7.04. The number of carbonyl (C=O) groups is 1. The van der Waals surface area contributed by atoms with Gasteiger partial charge in [-0.05, 0) is 61.1 Å². The number of alkyl halides is 3. The third-order valence-electron chi connectivity index (χ3n) is 4.91. The maximum absolute atomic E-state index is 12.3. The van der Waals surface area contributed by atoms with Gasteiger partial charge >= 0.3 is 11.5 Å². The molecule has 26 heavy (non-hydrogen) atoms. The Balaban J connectivity index is 1.40. The summed E-state index contributed by atoms with van der Waals surface area (Å²) < 4.78 is 37.0. The highest BCUT2D eigenvalue weighted by Crippen LogP contribution is 2.37. The first-order chi connectivity index (χ1) is 12.3. The molecule has 0 spiro atoms. The molecule has 2 aliphatic carbocycles. The molecule has 8 heteroatoms. The Kier molecular flexibility index (Phi) is 6.14. The first kappa shape index (κ1) is 19.5. The van der Waals surface area contributed by atoms with Crippen LogP contribution in [0, 0.1) is 5.92 Å². The van der Waals surface area contributed by atoms with Gasteiger partial charge in [0.2, 0.25) is 0 Å². The quantitative estimate of drug-likeness (QED) is 0.632. The highest BCUT2D eigenvalue weighted by molar-refractivity contribution is 8.00. The molecule has 2 aliphatic rings. The van der Waals surface area contributed by atoms with Gasteiger partial charge in [0.15, 0.2) is 0 Å². The third-order valence-corrected chi connectivity index (χ3v) is 5.65. The van der Waals surface area contributed by atoms with E-state index in [1.807, 2.05) is 0 Å². The van der Waals surface area contributed by atoms with Crippen LogP contribution in [0.5, 0.6) is 0 Å². The predicted molar refractivity (Wildman–Crippen MR) is 93.9 cm³/mol. The molecular weight excluding hydrogens is 365 g/mol. The molecule has 2 N–H and O–H groups in total. The van der Waals surface area contributed by atoms with Crippen molar-refractivity contribution in [3.8, 4) is 0 Å². The predicted octanol–water partition coefficient (Wildman–Crippen LogP) is 3.72. The van der Waals surface area contributed by atoms with Crippen LogP contribution in [0.1, 0.15) is 31.2 Å². The van der Waals surface area contributed by atoms with Gasteiger partial charge in [-0.1, -0.05) is 12.1 Å². The summed E-state index contributed by atoms with van der Waals surface area (Å²) in [7, 11) is 0. The van der Waals surface area contributed by atoms with E-state index in [-0.39, 0.29) is 23.2 Å². The molecule has 0 aliphatic heterocycles. The second-order valence-corrected chi connectivity index (χ2v) is 8.30. The number of carboxylic acid groups (broad SMARTS) is 1. The van der Waals surface area contributed by atoms with E-state index >= 15 is 0 Å². The molecule has 3 rings (SSSR count). The van der Waals surface area contributed by atoms with Gasteiger partial charge in [0.25, 0.3) is 0 Å². The normalized spacial score (nSPS) is 23.1. The lowest BCUT2D eigenvalue weighted by atomic mass is 9.85. The van der Waals surface area contributed by atoms with Gasteiger partial charge in [-0.3, -0.25) is 9.69 Å². The van der Waals surface area contributed by atoms with E-state index in [1.165, 1.54) is 25.0 Å². The number of aliphatic carboxylic acids is 1.